The van der Waals surface area contributed by atoms with Crippen molar-refractivity contribution in [3.05, 3.63) is 65.3 Å². The monoisotopic (exact) mass is 430 g/mol. The van der Waals surface area contributed by atoms with Crippen molar-refractivity contribution >= 4 is 16.7 Å². The van der Waals surface area contributed by atoms with Crippen LogP contribution < -0.4 is 14.8 Å². The lowest BCUT2D eigenvalue weighted by Gasteiger charge is -2.06. The average molecular weight is 430 g/mol. The second kappa shape index (κ2) is 8.66. The maximum Gasteiger partial charge on any atom is 0.232 e. The molecule has 7 nitrogen and oxygen atoms in total. The summed E-state index contributed by atoms with van der Waals surface area (Å²) in [6.45, 7) is 2.14. The topological polar surface area (TPSA) is 90.7 Å². The van der Waals surface area contributed by atoms with Crippen LogP contribution in [0.4, 0.5) is 4.39 Å². The quantitative estimate of drug-likeness (QED) is 0.620. The van der Waals surface area contributed by atoms with E-state index in [0.717, 1.165) is 5.56 Å². The number of ether oxygens (including phenoxy) is 2. The fourth-order valence-corrected chi connectivity index (χ4v) is 4.03. The van der Waals surface area contributed by atoms with Gasteiger partial charge in [-0.05, 0) is 36.8 Å². The molecule has 4 rings (SSSR count). The summed E-state index contributed by atoms with van der Waals surface area (Å²) in [5.74, 6) is 0.956. The first kappa shape index (κ1) is 20.1. The van der Waals surface area contributed by atoms with Crippen LogP contribution in [-0.4, -0.2) is 27.6 Å². The first-order valence-electron chi connectivity index (χ1n) is 9.21. The fraction of sp³-hybridized carbons (Fsp3) is 0.238. The molecule has 9 heteroatoms. The molecular weight excluding hydrogens is 411 g/mol. The molecule has 0 spiro atoms. The van der Waals surface area contributed by atoms with E-state index in [-0.39, 0.29) is 42.2 Å². The number of halogens is 1. The minimum absolute atomic E-state index is 0.0429. The van der Waals surface area contributed by atoms with Gasteiger partial charge in [-0.15, -0.1) is 0 Å². The maximum atomic E-state index is 13.9. The predicted octanol–water partition coefficient (Wildman–Crippen LogP) is 3.08. The summed E-state index contributed by atoms with van der Waals surface area (Å²) in [7, 11) is -1.49. The number of hydrogen-bond donors (Lipinski definition) is 1. The normalized spacial score (nSPS) is 13.3. The third-order valence-electron chi connectivity index (χ3n) is 4.51. The Morgan fingerprint density at radius 1 is 1.20 bits per heavy atom. The van der Waals surface area contributed by atoms with E-state index in [1.165, 1.54) is 6.07 Å². The number of hydrogen-bond acceptors (Lipinski definition) is 6. The van der Waals surface area contributed by atoms with Crippen molar-refractivity contribution in [2.24, 2.45) is 0 Å². The lowest BCUT2D eigenvalue weighted by atomic mass is 10.2. The standard InChI is InChI=1S/C21H19FN2O5S/c1-13-17(24-21(29-13)15-4-2-3-5-16(15)22)10-30(26)11-20(25)23-9-14-6-7-18-19(8-14)28-12-27-18/h2-8H,9-12H2,1H3,(H,23,25)/t30-/m0/s1. The zero-order chi connectivity index (χ0) is 21.1. The van der Waals surface area contributed by atoms with Crippen molar-refractivity contribution in [1.29, 1.82) is 0 Å². The molecule has 0 unspecified atom stereocenters. The Balaban J connectivity index is 1.32. The van der Waals surface area contributed by atoms with Gasteiger partial charge in [0.2, 0.25) is 18.6 Å². The Labute approximate surface area is 174 Å². The van der Waals surface area contributed by atoms with E-state index in [1.807, 2.05) is 6.07 Å². The van der Waals surface area contributed by atoms with Gasteiger partial charge in [0, 0.05) is 17.3 Å². The molecule has 0 saturated heterocycles. The van der Waals surface area contributed by atoms with E-state index < -0.39 is 16.6 Å². The molecule has 2 aromatic carbocycles. The summed E-state index contributed by atoms with van der Waals surface area (Å²) < 4.78 is 42.4. The highest BCUT2D eigenvalue weighted by atomic mass is 32.2. The lowest BCUT2D eigenvalue weighted by molar-refractivity contribution is -0.118. The van der Waals surface area contributed by atoms with Crippen LogP contribution in [0, 0.1) is 12.7 Å². The zero-order valence-electron chi connectivity index (χ0n) is 16.1. The van der Waals surface area contributed by atoms with E-state index in [4.69, 9.17) is 13.9 Å². The molecule has 1 aliphatic heterocycles. The minimum Gasteiger partial charge on any atom is -0.454 e. The highest BCUT2D eigenvalue weighted by Gasteiger charge is 2.18. The van der Waals surface area contributed by atoms with Gasteiger partial charge in [0.15, 0.2) is 11.5 Å². The maximum absolute atomic E-state index is 13.9. The number of aryl methyl sites for hydroxylation is 1. The SMILES string of the molecule is Cc1oc(-c2ccccc2F)nc1C[S@](=O)CC(=O)NCc1ccc2c(c1)OCO2. The molecule has 30 heavy (non-hydrogen) atoms. The molecule has 0 fully saturated rings. The Bertz CT molecular complexity index is 1110. The van der Waals surface area contributed by atoms with Crippen LogP contribution in [-0.2, 0) is 27.9 Å². The van der Waals surface area contributed by atoms with Crippen molar-refractivity contribution in [2.75, 3.05) is 12.5 Å². The number of carbonyl (C=O) groups is 1. The van der Waals surface area contributed by atoms with Crippen molar-refractivity contribution in [1.82, 2.24) is 10.3 Å². The molecule has 1 aliphatic rings. The summed E-state index contributed by atoms with van der Waals surface area (Å²) in [6.07, 6.45) is 0. The van der Waals surface area contributed by atoms with Gasteiger partial charge >= 0.3 is 0 Å². The molecular formula is C21H19FN2O5S. The van der Waals surface area contributed by atoms with Crippen LogP contribution in [0.2, 0.25) is 0 Å². The number of amides is 1. The number of aromatic nitrogens is 1. The molecule has 0 saturated carbocycles. The fourth-order valence-electron chi connectivity index (χ4n) is 2.96. The first-order valence-corrected chi connectivity index (χ1v) is 10.7. The van der Waals surface area contributed by atoms with Gasteiger partial charge in [-0.2, -0.15) is 0 Å². The van der Waals surface area contributed by atoms with Gasteiger partial charge in [0.05, 0.1) is 17.0 Å². The molecule has 0 radical (unpaired) electrons. The van der Waals surface area contributed by atoms with Crippen LogP contribution in [0.25, 0.3) is 11.5 Å². The number of nitrogens with one attached hydrogen (secondary N) is 1. The summed E-state index contributed by atoms with van der Waals surface area (Å²) in [5, 5.41) is 2.74. The highest BCUT2D eigenvalue weighted by Crippen LogP contribution is 2.32. The van der Waals surface area contributed by atoms with E-state index in [2.05, 4.69) is 10.3 Å². The molecule has 1 atom stereocenters. The van der Waals surface area contributed by atoms with Gasteiger partial charge < -0.3 is 19.2 Å². The average Bonchev–Trinajstić information content (AvgIpc) is 3.33. The van der Waals surface area contributed by atoms with Crippen LogP contribution in [0.3, 0.4) is 0 Å². The second-order valence-corrected chi connectivity index (χ2v) is 8.15. The predicted molar refractivity (Wildman–Crippen MR) is 108 cm³/mol. The van der Waals surface area contributed by atoms with Crippen LogP contribution in [0.5, 0.6) is 11.5 Å². The molecule has 1 amide bonds. The van der Waals surface area contributed by atoms with Gasteiger partial charge in [-0.25, -0.2) is 9.37 Å². The lowest BCUT2D eigenvalue weighted by Crippen LogP contribution is -2.28. The number of rotatable bonds is 7. The summed E-state index contributed by atoms with van der Waals surface area (Å²) in [4.78, 5) is 16.4. The molecule has 0 bridgehead atoms. The first-order chi connectivity index (χ1) is 14.5. The summed E-state index contributed by atoms with van der Waals surface area (Å²) in [5.41, 5.74) is 1.52. The minimum atomic E-state index is -1.49. The summed E-state index contributed by atoms with van der Waals surface area (Å²) >= 11 is 0. The molecule has 2 heterocycles. The molecule has 1 aromatic heterocycles. The van der Waals surface area contributed by atoms with Gasteiger partial charge in [0.1, 0.15) is 17.3 Å². The smallest absolute Gasteiger partial charge is 0.232 e. The molecule has 156 valence electrons. The van der Waals surface area contributed by atoms with Crippen LogP contribution >= 0.6 is 0 Å². The van der Waals surface area contributed by atoms with Crippen molar-refractivity contribution < 1.29 is 27.3 Å². The van der Waals surface area contributed by atoms with Gasteiger partial charge in [0.25, 0.3) is 0 Å². The van der Waals surface area contributed by atoms with E-state index in [1.54, 1.807) is 37.3 Å². The number of fused-ring (bicyclic) bond motifs is 1. The van der Waals surface area contributed by atoms with E-state index in [0.29, 0.717) is 23.0 Å². The van der Waals surface area contributed by atoms with Crippen molar-refractivity contribution in [3.8, 4) is 23.0 Å². The number of carbonyl (C=O) groups excluding carboxylic acids is 1. The number of oxazole rings is 1. The van der Waals surface area contributed by atoms with Gasteiger partial charge in [-0.1, -0.05) is 18.2 Å². The third-order valence-corrected chi connectivity index (χ3v) is 5.69. The summed E-state index contributed by atoms with van der Waals surface area (Å²) in [6, 6.07) is 11.5. The Kier molecular flexibility index (Phi) is 5.80. The van der Waals surface area contributed by atoms with Gasteiger partial charge in [-0.3, -0.25) is 9.00 Å². The van der Waals surface area contributed by atoms with Crippen molar-refractivity contribution in [3.63, 3.8) is 0 Å². The van der Waals surface area contributed by atoms with Crippen molar-refractivity contribution in [2.45, 2.75) is 19.2 Å². The molecule has 0 aliphatic carbocycles. The number of benzene rings is 2. The Hall–Kier alpha value is -3.20. The third kappa shape index (κ3) is 4.51. The largest absolute Gasteiger partial charge is 0.454 e. The zero-order valence-corrected chi connectivity index (χ0v) is 17.0. The second-order valence-electron chi connectivity index (χ2n) is 6.69. The molecule has 1 N–H and O–H groups in total. The van der Waals surface area contributed by atoms with E-state index >= 15 is 0 Å². The highest BCUT2D eigenvalue weighted by molar-refractivity contribution is 7.84. The molecule has 3 aromatic rings. The van der Waals surface area contributed by atoms with E-state index in [9.17, 15) is 13.4 Å². The Morgan fingerprint density at radius 3 is 2.83 bits per heavy atom. The van der Waals surface area contributed by atoms with Crippen LogP contribution in [0.1, 0.15) is 17.0 Å². The van der Waals surface area contributed by atoms with Crippen LogP contribution in [0.15, 0.2) is 46.9 Å². The number of nitrogens with zero attached hydrogens (tertiary/aromatic N) is 1. The Morgan fingerprint density at radius 2 is 2.00 bits per heavy atom.